The first kappa shape index (κ1) is 17.5. The van der Waals surface area contributed by atoms with Crippen molar-refractivity contribution in [2.45, 2.75) is 32.7 Å². The number of hydrogen-bond donors (Lipinski definition) is 2. The van der Waals surface area contributed by atoms with Crippen LogP contribution in [0.1, 0.15) is 35.7 Å². The van der Waals surface area contributed by atoms with Crippen molar-refractivity contribution < 1.29 is 4.79 Å². The van der Waals surface area contributed by atoms with Gasteiger partial charge in [-0.15, -0.1) is 12.4 Å². The summed E-state index contributed by atoms with van der Waals surface area (Å²) in [4.78, 5) is 12.3. The summed E-state index contributed by atoms with van der Waals surface area (Å²) in [5.74, 6) is 0.566. The van der Waals surface area contributed by atoms with Crippen LogP contribution in [0.5, 0.6) is 0 Å². The van der Waals surface area contributed by atoms with Crippen LogP contribution in [0.3, 0.4) is 0 Å². The highest BCUT2D eigenvalue weighted by Crippen LogP contribution is 2.18. The van der Waals surface area contributed by atoms with Crippen LogP contribution in [0.25, 0.3) is 0 Å². The minimum Gasteiger partial charge on any atom is -0.349 e. The summed E-state index contributed by atoms with van der Waals surface area (Å²) >= 11 is 3.42. The average molecular weight is 362 g/mol. The van der Waals surface area contributed by atoms with Crippen molar-refractivity contribution in [2.75, 3.05) is 13.1 Å². The van der Waals surface area contributed by atoms with Gasteiger partial charge in [0.2, 0.25) is 0 Å². The quantitative estimate of drug-likeness (QED) is 0.867. The Morgan fingerprint density at radius 1 is 1.50 bits per heavy atom. The first-order valence-corrected chi connectivity index (χ1v) is 7.65. The fourth-order valence-corrected chi connectivity index (χ4v) is 3.07. The zero-order valence-corrected chi connectivity index (χ0v) is 14.3. The predicted molar refractivity (Wildman–Crippen MR) is 88.6 cm³/mol. The molecule has 2 rings (SSSR count). The van der Waals surface area contributed by atoms with Crippen molar-refractivity contribution in [3.63, 3.8) is 0 Å². The monoisotopic (exact) mass is 360 g/mol. The molecule has 1 saturated heterocycles. The lowest BCUT2D eigenvalue weighted by Gasteiger charge is -2.29. The molecule has 2 atom stereocenters. The molecule has 0 saturated carbocycles. The number of piperidine rings is 1. The highest BCUT2D eigenvalue weighted by molar-refractivity contribution is 9.10. The van der Waals surface area contributed by atoms with E-state index >= 15 is 0 Å². The van der Waals surface area contributed by atoms with E-state index in [0.29, 0.717) is 5.92 Å². The van der Waals surface area contributed by atoms with Crippen LogP contribution in [0.4, 0.5) is 0 Å². The van der Waals surface area contributed by atoms with E-state index in [1.807, 2.05) is 25.1 Å². The second-order valence-corrected chi connectivity index (χ2v) is 6.24. The van der Waals surface area contributed by atoms with Gasteiger partial charge in [0.15, 0.2) is 0 Å². The van der Waals surface area contributed by atoms with Crippen LogP contribution in [0.2, 0.25) is 0 Å². The first-order chi connectivity index (χ1) is 9.08. The van der Waals surface area contributed by atoms with Crippen molar-refractivity contribution in [1.82, 2.24) is 10.6 Å². The van der Waals surface area contributed by atoms with Crippen molar-refractivity contribution in [3.8, 4) is 0 Å². The average Bonchev–Trinajstić information content (AvgIpc) is 2.39. The summed E-state index contributed by atoms with van der Waals surface area (Å²) in [6, 6.07) is 5.97. The van der Waals surface area contributed by atoms with E-state index in [-0.39, 0.29) is 24.4 Å². The zero-order valence-electron chi connectivity index (χ0n) is 11.9. The van der Waals surface area contributed by atoms with E-state index in [1.165, 1.54) is 12.8 Å². The van der Waals surface area contributed by atoms with E-state index in [4.69, 9.17) is 0 Å². The largest absolute Gasteiger partial charge is 0.349 e. The van der Waals surface area contributed by atoms with Gasteiger partial charge in [0.05, 0.1) is 0 Å². The number of aryl methyl sites for hydroxylation is 1. The number of rotatable bonds is 3. The molecule has 1 heterocycles. The topological polar surface area (TPSA) is 41.1 Å². The summed E-state index contributed by atoms with van der Waals surface area (Å²) in [5.41, 5.74) is 1.76. The minimum absolute atomic E-state index is 0. The summed E-state index contributed by atoms with van der Waals surface area (Å²) < 4.78 is 1.01. The molecule has 0 bridgehead atoms. The maximum absolute atomic E-state index is 12.3. The zero-order chi connectivity index (χ0) is 13.8. The Kier molecular flexibility index (Phi) is 7.00. The van der Waals surface area contributed by atoms with Crippen LogP contribution in [0.15, 0.2) is 22.7 Å². The Balaban J connectivity index is 0.00000200. The molecule has 0 radical (unpaired) electrons. The van der Waals surface area contributed by atoms with Crippen molar-refractivity contribution >= 4 is 34.2 Å². The Bertz CT molecular complexity index is 461. The molecule has 2 N–H and O–H groups in total. The molecule has 112 valence electrons. The number of hydrogen-bond acceptors (Lipinski definition) is 2. The molecule has 3 nitrogen and oxygen atoms in total. The van der Waals surface area contributed by atoms with E-state index in [1.54, 1.807) is 0 Å². The third kappa shape index (κ3) is 4.47. The molecule has 0 aliphatic carbocycles. The number of benzene rings is 1. The third-order valence-corrected chi connectivity index (χ3v) is 4.33. The van der Waals surface area contributed by atoms with Gasteiger partial charge in [0, 0.05) is 16.1 Å². The van der Waals surface area contributed by atoms with Gasteiger partial charge in [-0.1, -0.05) is 15.9 Å². The van der Waals surface area contributed by atoms with Crippen LogP contribution in [-0.4, -0.2) is 25.0 Å². The van der Waals surface area contributed by atoms with Gasteiger partial charge in [0.1, 0.15) is 0 Å². The van der Waals surface area contributed by atoms with Crippen LogP contribution in [0, 0.1) is 12.8 Å². The fourth-order valence-electron chi connectivity index (χ4n) is 2.59. The Labute approximate surface area is 135 Å². The normalized spacial score (nSPS) is 19.9. The molecule has 1 aliphatic rings. The maximum atomic E-state index is 12.3. The van der Waals surface area contributed by atoms with Crippen LogP contribution < -0.4 is 10.6 Å². The minimum atomic E-state index is 0. The van der Waals surface area contributed by atoms with Gasteiger partial charge in [0.25, 0.3) is 5.91 Å². The highest BCUT2D eigenvalue weighted by atomic mass is 79.9. The van der Waals surface area contributed by atoms with Gasteiger partial charge < -0.3 is 10.6 Å². The summed E-state index contributed by atoms with van der Waals surface area (Å²) in [5, 5.41) is 6.52. The molecule has 0 spiro atoms. The lowest BCUT2D eigenvalue weighted by molar-refractivity contribution is 0.0921. The number of carbonyl (C=O) groups excluding carboxylic acids is 1. The molecule has 1 aromatic rings. The third-order valence-electron chi connectivity index (χ3n) is 3.83. The molecule has 2 unspecified atom stereocenters. The van der Waals surface area contributed by atoms with E-state index in [2.05, 4.69) is 33.5 Å². The molecule has 1 amide bonds. The smallest absolute Gasteiger partial charge is 0.251 e. The van der Waals surface area contributed by atoms with Crippen LogP contribution >= 0.6 is 28.3 Å². The second-order valence-electron chi connectivity index (χ2n) is 5.33. The number of amides is 1. The van der Waals surface area contributed by atoms with Crippen molar-refractivity contribution in [1.29, 1.82) is 0 Å². The number of nitrogens with one attached hydrogen (secondary N) is 2. The van der Waals surface area contributed by atoms with Gasteiger partial charge >= 0.3 is 0 Å². The van der Waals surface area contributed by atoms with Gasteiger partial charge in [-0.05, 0) is 69.5 Å². The Morgan fingerprint density at radius 2 is 2.25 bits per heavy atom. The molecule has 5 heteroatoms. The highest BCUT2D eigenvalue weighted by Gasteiger charge is 2.22. The molecule has 1 aromatic carbocycles. The summed E-state index contributed by atoms with van der Waals surface area (Å²) in [7, 11) is 0. The second kappa shape index (κ2) is 8.01. The molecular weight excluding hydrogens is 340 g/mol. The number of carbonyl (C=O) groups is 1. The van der Waals surface area contributed by atoms with Crippen molar-refractivity contribution in [2.24, 2.45) is 5.92 Å². The van der Waals surface area contributed by atoms with E-state index in [0.717, 1.165) is 28.7 Å². The number of halogens is 2. The summed E-state index contributed by atoms with van der Waals surface area (Å²) in [6.07, 6.45) is 2.38. The fraction of sp³-hybridized carbons (Fsp3) is 0.533. The maximum Gasteiger partial charge on any atom is 0.251 e. The molecule has 1 aliphatic heterocycles. The standard InChI is InChI=1S/C15H21BrN2O.ClH/c1-10-8-13(16)5-6-14(10)15(19)18-11(2)12-4-3-7-17-9-12;/h5-6,8,11-12,17H,3-4,7,9H2,1-2H3,(H,18,19);1H. The molecule has 20 heavy (non-hydrogen) atoms. The SMILES string of the molecule is Cc1cc(Br)ccc1C(=O)NC(C)C1CCCNC1.Cl. The molecule has 1 fully saturated rings. The Hall–Kier alpha value is -0.580. The van der Waals surface area contributed by atoms with Crippen LogP contribution in [-0.2, 0) is 0 Å². The summed E-state index contributed by atoms with van der Waals surface area (Å²) in [6.45, 7) is 6.17. The van der Waals surface area contributed by atoms with E-state index < -0.39 is 0 Å². The van der Waals surface area contributed by atoms with E-state index in [9.17, 15) is 4.79 Å². The van der Waals surface area contributed by atoms with Gasteiger partial charge in [-0.3, -0.25) is 4.79 Å². The van der Waals surface area contributed by atoms with Crippen molar-refractivity contribution in [3.05, 3.63) is 33.8 Å². The molecule has 0 aromatic heterocycles. The predicted octanol–water partition coefficient (Wildman–Crippen LogP) is 3.30. The Morgan fingerprint density at radius 3 is 2.85 bits per heavy atom. The molecular formula is C15H22BrClN2O. The lowest BCUT2D eigenvalue weighted by Crippen LogP contribution is -2.44. The van der Waals surface area contributed by atoms with Gasteiger partial charge in [-0.2, -0.15) is 0 Å². The van der Waals surface area contributed by atoms with Gasteiger partial charge in [-0.25, -0.2) is 0 Å². The first-order valence-electron chi connectivity index (χ1n) is 6.85. The lowest BCUT2D eigenvalue weighted by atomic mass is 9.92.